The molecule has 0 unspecified atom stereocenters. The summed E-state index contributed by atoms with van der Waals surface area (Å²) in [6, 6.07) is 24.8. The Morgan fingerprint density at radius 1 is 0.676 bits per heavy atom. The molecular formula is C28H16N4O2. The molecule has 160 valence electrons. The summed E-state index contributed by atoms with van der Waals surface area (Å²) in [5.74, 6) is 1.50. The summed E-state index contributed by atoms with van der Waals surface area (Å²) in [5.41, 5.74) is 6.69. The maximum absolute atomic E-state index is 5.71. The van der Waals surface area contributed by atoms with Crippen LogP contribution in [0.4, 0.5) is 0 Å². The SMILES string of the molecule is c1ccc(-c2cc3cc4c(cc3c3nc5c6cccnc6c6ncccc6c5n23)OCO4)cc1. The Labute approximate surface area is 193 Å². The van der Waals surface area contributed by atoms with Gasteiger partial charge in [0.2, 0.25) is 6.79 Å². The molecule has 0 spiro atoms. The normalized spacial score (nSPS) is 13.1. The largest absolute Gasteiger partial charge is 0.454 e. The zero-order valence-corrected chi connectivity index (χ0v) is 17.9. The summed E-state index contributed by atoms with van der Waals surface area (Å²) in [4.78, 5) is 14.6. The molecule has 0 fully saturated rings. The van der Waals surface area contributed by atoms with Crippen LogP contribution in [0, 0.1) is 0 Å². The fourth-order valence-corrected chi connectivity index (χ4v) is 5.15. The Morgan fingerprint density at radius 2 is 1.41 bits per heavy atom. The van der Waals surface area contributed by atoms with E-state index in [-0.39, 0.29) is 6.79 Å². The highest BCUT2D eigenvalue weighted by molar-refractivity contribution is 6.22. The second-order valence-electron chi connectivity index (χ2n) is 8.46. The number of benzene rings is 3. The smallest absolute Gasteiger partial charge is 0.231 e. The Morgan fingerprint density at radius 3 is 2.24 bits per heavy atom. The number of aromatic nitrogens is 4. The summed E-state index contributed by atoms with van der Waals surface area (Å²) in [7, 11) is 0. The Balaban J connectivity index is 1.69. The van der Waals surface area contributed by atoms with E-state index in [4.69, 9.17) is 19.4 Å². The number of hydrogen-bond donors (Lipinski definition) is 0. The second-order valence-corrected chi connectivity index (χ2v) is 8.46. The highest BCUT2D eigenvalue weighted by Crippen LogP contribution is 2.42. The molecule has 7 aromatic rings. The molecule has 1 aliphatic heterocycles. The van der Waals surface area contributed by atoms with Gasteiger partial charge >= 0.3 is 0 Å². The van der Waals surface area contributed by atoms with Crippen molar-refractivity contribution in [2.24, 2.45) is 0 Å². The number of nitrogens with zero attached hydrogens (tertiary/aromatic N) is 4. The molecule has 0 radical (unpaired) electrons. The van der Waals surface area contributed by atoms with E-state index >= 15 is 0 Å². The van der Waals surface area contributed by atoms with Crippen LogP contribution in [0.25, 0.3) is 60.5 Å². The minimum Gasteiger partial charge on any atom is -0.454 e. The van der Waals surface area contributed by atoms with Crippen molar-refractivity contribution in [2.75, 3.05) is 6.79 Å². The third-order valence-electron chi connectivity index (χ3n) is 6.62. The molecule has 6 nitrogen and oxygen atoms in total. The summed E-state index contributed by atoms with van der Waals surface area (Å²) in [6.07, 6.45) is 3.63. The number of rotatable bonds is 1. The zero-order chi connectivity index (χ0) is 22.2. The van der Waals surface area contributed by atoms with E-state index in [1.54, 1.807) is 0 Å². The van der Waals surface area contributed by atoms with Gasteiger partial charge < -0.3 is 9.47 Å². The average Bonchev–Trinajstić information content (AvgIpc) is 3.53. The van der Waals surface area contributed by atoms with Crippen molar-refractivity contribution in [3.05, 3.63) is 85.2 Å². The van der Waals surface area contributed by atoms with Crippen LogP contribution in [0.15, 0.2) is 85.2 Å². The first kappa shape index (κ1) is 17.8. The quantitative estimate of drug-likeness (QED) is 0.287. The van der Waals surface area contributed by atoms with Crippen molar-refractivity contribution in [1.82, 2.24) is 19.4 Å². The van der Waals surface area contributed by atoms with Gasteiger partial charge in [0, 0.05) is 28.6 Å². The molecular weight excluding hydrogens is 424 g/mol. The number of imidazole rings is 1. The molecule has 1 aliphatic rings. The van der Waals surface area contributed by atoms with Crippen molar-refractivity contribution in [3.63, 3.8) is 0 Å². The molecule has 0 saturated carbocycles. The molecule has 34 heavy (non-hydrogen) atoms. The van der Waals surface area contributed by atoms with Crippen molar-refractivity contribution in [1.29, 1.82) is 0 Å². The number of ether oxygens (including phenoxy) is 2. The van der Waals surface area contributed by atoms with Crippen molar-refractivity contribution >= 4 is 49.3 Å². The maximum Gasteiger partial charge on any atom is 0.231 e. The summed E-state index contributed by atoms with van der Waals surface area (Å²) < 4.78 is 13.6. The molecule has 0 saturated heterocycles. The zero-order valence-electron chi connectivity index (χ0n) is 17.9. The van der Waals surface area contributed by atoms with Crippen LogP contribution in [0.1, 0.15) is 0 Å². The van der Waals surface area contributed by atoms with E-state index in [0.29, 0.717) is 0 Å². The number of hydrogen-bond acceptors (Lipinski definition) is 5. The first-order valence-electron chi connectivity index (χ1n) is 11.1. The monoisotopic (exact) mass is 440 g/mol. The van der Waals surface area contributed by atoms with E-state index < -0.39 is 0 Å². The summed E-state index contributed by atoms with van der Waals surface area (Å²) in [5, 5.41) is 4.07. The van der Waals surface area contributed by atoms with Gasteiger partial charge in [-0.25, -0.2) is 4.98 Å². The summed E-state index contributed by atoms with van der Waals surface area (Å²) >= 11 is 0. The van der Waals surface area contributed by atoms with Crippen LogP contribution in [0.3, 0.4) is 0 Å². The van der Waals surface area contributed by atoms with Crippen LogP contribution < -0.4 is 9.47 Å². The van der Waals surface area contributed by atoms with Crippen LogP contribution in [0.2, 0.25) is 0 Å². The molecule has 0 atom stereocenters. The molecule has 0 aliphatic carbocycles. The van der Waals surface area contributed by atoms with E-state index in [1.807, 2.05) is 42.7 Å². The molecule has 4 aromatic heterocycles. The predicted octanol–water partition coefficient (Wildman–Crippen LogP) is 6.13. The first-order chi connectivity index (χ1) is 16.9. The Kier molecular flexibility index (Phi) is 3.36. The van der Waals surface area contributed by atoms with Crippen molar-refractivity contribution in [3.8, 4) is 22.8 Å². The highest BCUT2D eigenvalue weighted by atomic mass is 16.7. The van der Waals surface area contributed by atoms with E-state index in [0.717, 1.165) is 72.0 Å². The minimum absolute atomic E-state index is 0.233. The molecule has 3 aromatic carbocycles. The van der Waals surface area contributed by atoms with Crippen LogP contribution in [-0.4, -0.2) is 26.1 Å². The molecule has 8 rings (SSSR count). The van der Waals surface area contributed by atoms with Crippen LogP contribution in [0.5, 0.6) is 11.5 Å². The van der Waals surface area contributed by atoms with Gasteiger partial charge in [-0.1, -0.05) is 30.3 Å². The second kappa shape index (κ2) is 6.42. The fraction of sp³-hybridized carbons (Fsp3) is 0.0357. The van der Waals surface area contributed by atoms with Gasteiger partial charge in [0.25, 0.3) is 0 Å². The Bertz CT molecular complexity index is 1940. The van der Waals surface area contributed by atoms with Gasteiger partial charge in [-0.3, -0.25) is 14.4 Å². The number of fused-ring (bicyclic) bond motifs is 11. The van der Waals surface area contributed by atoms with Gasteiger partial charge in [0.15, 0.2) is 11.5 Å². The lowest BCUT2D eigenvalue weighted by Gasteiger charge is -2.12. The first-order valence-corrected chi connectivity index (χ1v) is 11.1. The predicted molar refractivity (Wildman–Crippen MR) is 132 cm³/mol. The van der Waals surface area contributed by atoms with Crippen LogP contribution >= 0.6 is 0 Å². The Hall–Kier alpha value is -4.71. The van der Waals surface area contributed by atoms with Gasteiger partial charge in [0.1, 0.15) is 5.65 Å². The molecule has 0 amide bonds. The maximum atomic E-state index is 5.71. The lowest BCUT2D eigenvalue weighted by Crippen LogP contribution is -1.95. The van der Waals surface area contributed by atoms with Gasteiger partial charge in [-0.05, 0) is 53.4 Å². The van der Waals surface area contributed by atoms with Crippen molar-refractivity contribution in [2.45, 2.75) is 0 Å². The van der Waals surface area contributed by atoms with Crippen molar-refractivity contribution < 1.29 is 9.47 Å². The third-order valence-corrected chi connectivity index (χ3v) is 6.62. The van der Waals surface area contributed by atoms with Gasteiger partial charge in [0.05, 0.1) is 27.8 Å². The van der Waals surface area contributed by atoms with Gasteiger partial charge in [-0.2, -0.15) is 0 Å². The lowest BCUT2D eigenvalue weighted by atomic mass is 10.0. The number of pyridine rings is 3. The average molecular weight is 440 g/mol. The highest BCUT2D eigenvalue weighted by Gasteiger charge is 2.22. The summed E-state index contributed by atoms with van der Waals surface area (Å²) in [6.45, 7) is 0.233. The third kappa shape index (κ3) is 2.26. The van der Waals surface area contributed by atoms with Crippen LogP contribution in [-0.2, 0) is 0 Å². The standard InChI is InChI=1S/C28H16N4O2/c1-2-6-16(7-3-1)21-12-17-13-22-23(34-15-33-22)14-20(17)28-31-26-18-8-4-10-29-24(18)25-19(9-5-11-30-25)27(26)32(21)28/h1-14H,15H2. The minimum atomic E-state index is 0.233. The molecule has 0 N–H and O–H groups in total. The van der Waals surface area contributed by atoms with E-state index in [9.17, 15) is 0 Å². The molecule has 5 heterocycles. The van der Waals surface area contributed by atoms with E-state index in [2.05, 4.69) is 51.8 Å². The fourth-order valence-electron chi connectivity index (χ4n) is 5.15. The molecule has 6 heteroatoms. The molecule has 0 bridgehead atoms. The lowest BCUT2D eigenvalue weighted by molar-refractivity contribution is 0.174. The van der Waals surface area contributed by atoms with Gasteiger partial charge in [-0.15, -0.1) is 0 Å². The topological polar surface area (TPSA) is 61.5 Å². The van der Waals surface area contributed by atoms with E-state index in [1.165, 1.54) is 0 Å².